The maximum Gasteiger partial charge on any atom is 0.0894 e. The fourth-order valence-corrected chi connectivity index (χ4v) is 8.65. The van der Waals surface area contributed by atoms with Crippen molar-refractivity contribution < 1.29 is 0 Å². The minimum Gasteiger partial charge on any atom is -0.377 e. The van der Waals surface area contributed by atoms with Crippen LogP contribution in [0.5, 0.6) is 0 Å². The Labute approximate surface area is 218 Å². The van der Waals surface area contributed by atoms with E-state index < -0.39 is 0 Å². The first kappa shape index (κ1) is 21.0. The molecule has 0 aliphatic carbocycles. The van der Waals surface area contributed by atoms with Gasteiger partial charge < -0.3 is 5.32 Å². The highest BCUT2D eigenvalue weighted by Gasteiger charge is 2.20. The van der Waals surface area contributed by atoms with E-state index in [0.29, 0.717) is 0 Å². The van der Waals surface area contributed by atoms with Gasteiger partial charge in [-0.15, -0.1) is 22.7 Å². The monoisotopic (exact) mass is 501 g/mol. The van der Waals surface area contributed by atoms with E-state index >= 15 is 0 Å². The maximum atomic E-state index is 3.73. The molecule has 176 valence electrons. The largest absolute Gasteiger partial charge is 0.377 e. The molecule has 0 aliphatic heterocycles. The number of hydrogen-bond acceptors (Lipinski definition) is 3. The van der Waals surface area contributed by atoms with Gasteiger partial charge in [0.05, 0.1) is 5.00 Å². The van der Waals surface area contributed by atoms with Crippen LogP contribution in [0.25, 0.3) is 74.0 Å². The highest BCUT2D eigenvalue weighted by atomic mass is 32.1. The molecule has 2 aromatic heterocycles. The third-order valence-corrected chi connectivity index (χ3v) is 10.0. The molecule has 0 amide bonds. The van der Waals surface area contributed by atoms with E-state index in [1.54, 1.807) is 0 Å². The molecule has 0 radical (unpaired) electrons. The number of aryl methyl sites for hydroxylation is 1. The molecule has 36 heavy (non-hydrogen) atoms. The van der Waals surface area contributed by atoms with Gasteiger partial charge in [-0.2, -0.15) is 0 Å². The predicted octanol–water partition coefficient (Wildman–Crippen LogP) is 11.1. The van der Waals surface area contributed by atoms with Gasteiger partial charge in [-0.05, 0) is 104 Å². The highest BCUT2D eigenvalue weighted by Crippen LogP contribution is 2.49. The Balaban J connectivity index is 1.45. The summed E-state index contributed by atoms with van der Waals surface area (Å²) in [5, 5.41) is 21.8. The second-order valence-corrected chi connectivity index (χ2v) is 12.8. The lowest BCUT2D eigenvalue weighted by molar-refractivity contribution is 0.685. The molecule has 0 saturated carbocycles. The van der Waals surface area contributed by atoms with Gasteiger partial charge in [-0.1, -0.05) is 50.5 Å². The molecule has 0 atom stereocenters. The Bertz CT molecular complexity index is 2070. The molecule has 3 heteroatoms. The first-order valence-corrected chi connectivity index (χ1v) is 14.8. The number of anilines is 1. The van der Waals surface area contributed by atoms with Crippen LogP contribution in [-0.4, -0.2) is 6.54 Å². The van der Waals surface area contributed by atoms with Crippen LogP contribution in [-0.2, 0) is 0 Å². The summed E-state index contributed by atoms with van der Waals surface area (Å²) >= 11 is 3.83. The van der Waals surface area contributed by atoms with Crippen molar-refractivity contribution in [1.82, 2.24) is 0 Å². The third-order valence-electron chi connectivity index (χ3n) is 8.02. The molecule has 0 aliphatic rings. The summed E-state index contributed by atoms with van der Waals surface area (Å²) in [6, 6.07) is 23.8. The Morgan fingerprint density at radius 3 is 1.75 bits per heavy atom. The van der Waals surface area contributed by atoms with E-state index in [1.165, 1.54) is 110 Å². The van der Waals surface area contributed by atoms with Crippen LogP contribution in [0.15, 0.2) is 60.7 Å². The topological polar surface area (TPSA) is 12.0 Å². The van der Waals surface area contributed by atoms with Gasteiger partial charge in [0, 0.05) is 31.6 Å². The van der Waals surface area contributed by atoms with Crippen molar-refractivity contribution in [2.75, 3.05) is 11.9 Å². The van der Waals surface area contributed by atoms with Crippen molar-refractivity contribution in [2.24, 2.45) is 0 Å². The van der Waals surface area contributed by atoms with Crippen molar-refractivity contribution in [2.45, 2.75) is 39.5 Å². The van der Waals surface area contributed by atoms with Gasteiger partial charge >= 0.3 is 0 Å². The quantitative estimate of drug-likeness (QED) is 0.136. The van der Waals surface area contributed by atoms with Gasteiger partial charge in [0.15, 0.2) is 0 Å². The van der Waals surface area contributed by atoms with E-state index in [2.05, 4.69) is 79.8 Å². The minimum atomic E-state index is 1.05. The van der Waals surface area contributed by atoms with E-state index in [-0.39, 0.29) is 0 Å². The normalized spacial score (nSPS) is 12.7. The summed E-state index contributed by atoms with van der Waals surface area (Å²) in [5.41, 5.74) is 0. The second-order valence-electron chi connectivity index (χ2n) is 10.4. The van der Waals surface area contributed by atoms with Gasteiger partial charge in [-0.3, -0.25) is 0 Å². The van der Waals surface area contributed by atoms with E-state index in [0.717, 1.165) is 6.54 Å². The number of rotatable bonds is 6. The third kappa shape index (κ3) is 2.87. The summed E-state index contributed by atoms with van der Waals surface area (Å²) < 4.78 is 2.78. The SMILES string of the molecule is CCCCCCNc1cc2ccc3cc4cc5sc(C)cc6ccc7cc8cc(s1)c2c3c8c4c7c65. The Morgan fingerprint density at radius 2 is 1.11 bits per heavy atom. The molecule has 1 N–H and O–H groups in total. The molecule has 0 bridgehead atoms. The Morgan fingerprint density at radius 1 is 0.556 bits per heavy atom. The summed E-state index contributed by atoms with van der Waals surface area (Å²) in [6.45, 7) is 5.55. The lowest BCUT2D eigenvalue weighted by atomic mass is 9.85. The lowest BCUT2D eigenvalue weighted by Crippen LogP contribution is -2.00. The van der Waals surface area contributed by atoms with Gasteiger partial charge in [0.25, 0.3) is 0 Å². The first-order valence-electron chi connectivity index (χ1n) is 13.2. The summed E-state index contributed by atoms with van der Waals surface area (Å²) in [7, 11) is 0. The van der Waals surface area contributed by atoms with Gasteiger partial charge in [0.1, 0.15) is 0 Å². The maximum absolute atomic E-state index is 3.73. The van der Waals surface area contributed by atoms with Crippen LogP contribution in [0.4, 0.5) is 5.00 Å². The summed E-state index contributed by atoms with van der Waals surface area (Å²) in [4.78, 5) is 1.37. The fourth-order valence-electron chi connectivity index (χ4n) is 6.50. The molecule has 8 aromatic rings. The van der Waals surface area contributed by atoms with Crippen molar-refractivity contribution in [3.8, 4) is 0 Å². The van der Waals surface area contributed by atoms with Crippen molar-refractivity contribution in [3.05, 3.63) is 65.5 Å². The molecule has 8 rings (SSSR count). The van der Waals surface area contributed by atoms with Gasteiger partial charge in [0.2, 0.25) is 0 Å². The van der Waals surface area contributed by atoms with E-state index in [9.17, 15) is 0 Å². The fraction of sp³-hybridized carbons (Fsp3) is 0.212. The van der Waals surface area contributed by atoms with Gasteiger partial charge in [-0.25, -0.2) is 0 Å². The Kier molecular flexibility index (Phi) is 4.48. The van der Waals surface area contributed by atoms with Crippen molar-refractivity contribution in [3.63, 3.8) is 0 Å². The van der Waals surface area contributed by atoms with Crippen LogP contribution < -0.4 is 5.32 Å². The predicted molar refractivity (Wildman–Crippen MR) is 164 cm³/mol. The molecule has 0 saturated heterocycles. The van der Waals surface area contributed by atoms with Crippen molar-refractivity contribution >= 4 is 102 Å². The number of hydrogen-bond donors (Lipinski definition) is 1. The second kappa shape index (κ2) is 7.68. The summed E-state index contributed by atoms with van der Waals surface area (Å²) in [5.74, 6) is 0. The zero-order valence-electron chi connectivity index (χ0n) is 20.6. The van der Waals surface area contributed by atoms with Crippen LogP contribution in [0.1, 0.15) is 37.5 Å². The highest BCUT2D eigenvalue weighted by molar-refractivity contribution is 7.22. The van der Waals surface area contributed by atoms with E-state index in [1.807, 2.05) is 22.7 Å². The lowest BCUT2D eigenvalue weighted by Gasteiger charge is -2.20. The standard InChI is InChI=1S/C33H27NS2/c1-3-4-5-6-11-34-27-17-22-10-9-21-13-23-15-25-28-19(12-18(2)35-25)7-8-20-14-24-16-26(36-27)29(22)31(21)33(24)32(23)30(20)28/h7-10,12-17,34H,3-6,11H2,1-2H3. The molecule has 2 heterocycles. The van der Waals surface area contributed by atoms with Crippen molar-refractivity contribution in [1.29, 1.82) is 0 Å². The van der Waals surface area contributed by atoms with Crippen LogP contribution >= 0.6 is 22.7 Å². The number of benzene rings is 6. The average Bonchev–Trinajstić information content (AvgIpc) is 2.88. The van der Waals surface area contributed by atoms with Crippen LogP contribution in [0.2, 0.25) is 0 Å². The zero-order valence-corrected chi connectivity index (χ0v) is 22.3. The zero-order chi connectivity index (χ0) is 24.0. The summed E-state index contributed by atoms with van der Waals surface area (Å²) in [6.07, 6.45) is 5.15. The molecule has 0 spiro atoms. The molecule has 6 aromatic carbocycles. The molecule has 0 unspecified atom stereocenters. The van der Waals surface area contributed by atoms with E-state index in [4.69, 9.17) is 0 Å². The number of nitrogens with one attached hydrogen (secondary N) is 1. The molecule has 1 nitrogen and oxygen atoms in total. The molecular formula is C33H27NS2. The molecule has 0 fully saturated rings. The minimum absolute atomic E-state index is 1.05. The Hall–Kier alpha value is -3.14. The smallest absolute Gasteiger partial charge is 0.0894 e. The molecular weight excluding hydrogens is 475 g/mol. The first-order chi connectivity index (χ1) is 17.7. The average molecular weight is 502 g/mol. The number of unbranched alkanes of at least 4 members (excludes halogenated alkanes) is 3. The van der Waals surface area contributed by atoms with Crippen LogP contribution in [0, 0.1) is 6.92 Å². The van der Waals surface area contributed by atoms with Crippen LogP contribution in [0.3, 0.4) is 0 Å².